The van der Waals surface area contributed by atoms with Gasteiger partial charge in [-0.05, 0) is 17.7 Å². The zero-order valence-corrected chi connectivity index (χ0v) is 14.8. The van der Waals surface area contributed by atoms with Gasteiger partial charge in [-0.3, -0.25) is 4.79 Å². The number of hydrogen-bond acceptors (Lipinski definition) is 4. The topological polar surface area (TPSA) is 66.6 Å². The van der Waals surface area contributed by atoms with Crippen molar-refractivity contribution >= 4 is 17.5 Å². The highest BCUT2D eigenvalue weighted by molar-refractivity contribution is 6.30. The second-order valence-electron chi connectivity index (χ2n) is 7.11. The highest BCUT2D eigenvalue weighted by atomic mass is 35.5. The molecule has 1 amide bonds. The van der Waals surface area contributed by atoms with E-state index in [-0.39, 0.29) is 11.3 Å². The van der Waals surface area contributed by atoms with E-state index in [4.69, 9.17) is 16.0 Å². The number of aromatic nitrogens is 1. The van der Waals surface area contributed by atoms with Crippen LogP contribution in [0.5, 0.6) is 0 Å². The fourth-order valence-electron chi connectivity index (χ4n) is 2.70. The lowest BCUT2D eigenvalue weighted by atomic mass is 9.97. The average Bonchev–Trinajstić information content (AvgIpc) is 2.97. The van der Waals surface area contributed by atoms with E-state index in [2.05, 4.69) is 4.98 Å². The molecule has 128 valence electrons. The van der Waals surface area contributed by atoms with E-state index in [1.54, 1.807) is 29.2 Å². The summed E-state index contributed by atoms with van der Waals surface area (Å²) < 4.78 is 5.83. The number of fused-ring (bicyclic) bond motifs is 1. The third-order valence-corrected chi connectivity index (χ3v) is 4.31. The van der Waals surface area contributed by atoms with Crippen molar-refractivity contribution in [1.82, 2.24) is 9.88 Å². The number of rotatable bonds is 2. The van der Waals surface area contributed by atoms with E-state index in [0.29, 0.717) is 36.0 Å². The van der Waals surface area contributed by atoms with Crippen molar-refractivity contribution < 1.29 is 14.3 Å². The Morgan fingerprint density at radius 1 is 1.42 bits per heavy atom. The van der Waals surface area contributed by atoms with Crippen molar-refractivity contribution in [3.05, 3.63) is 52.2 Å². The van der Waals surface area contributed by atoms with Crippen LogP contribution in [0.3, 0.4) is 0 Å². The number of hydrogen-bond donors (Lipinski definition) is 1. The van der Waals surface area contributed by atoms with Crippen LogP contribution in [0.1, 0.15) is 49.8 Å². The van der Waals surface area contributed by atoms with E-state index in [1.165, 1.54) is 0 Å². The van der Waals surface area contributed by atoms with E-state index in [1.807, 2.05) is 20.8 Å². The number of oxazole rings is 1. The summed E-state index contributed by atoms with van der Waals surface area (Å²) in [6, 6.07) is 6.72. The van der Waals surface area contributed by atoms with Gasteiger partial charge in [0.1, 0.15) is 11.5 Å². The minimum absolute atomic E-state index is 0.174. The predicted octanol–water partition coefficient (Wildman–Crippen LogP) is 3.24. The Bertz CT molecular complexity index is 764. The molecule has 1 aromatic heterocycles. The fourth-order valence-corrected chi connectivity index (χ4v) is 2.90. The second-order valence-corrected chi connectivity index (χ2v) is 7.54. The minimum Gasteiger partial charge on any atom is -0.445 e. The van der Waals surface area contributed by atoms with Crippen LogP contribution in [0, 0.1) is 0 Å². The van der Waals surface area contributed by atoms with E-state index < -0.39 is 6.10 Å². The highest BCUT2D eigenvalue weighted by Crippen LogP contribution is 2.28. The van der Waals surface area contributed by atoms with E-state index >= 15 is 0 Å². The Kier molecular flexibility index (Phi) is 4.40. The molecule has 6 heteroatoms. The average molecular weight is 349 g/mol. The second kappa shape index (κ2) is 6.22. The van der Waals surface area contributed by atoms with Crippen molar-refractivity contribution in [2.24, 2.45) is 0 Å². The fraction of sp³-hybridized carbons (Fsp3) is 0.444. The number of aliphatic hydroxyl groups is 1. The molecule has 2 heterocycles. The van der Waals surface area contributed by atoms with Gasteiger partial charge in [0, 0.05) is 23.4 Å². The molecule has 1 unspecified atom stereocenters. The van der Waals surface area contributed by atoms with Gasteiger partial charge in [-0.25, -0.2) is 4.98 Å². The molecule has 1 aliphatic heterocycles. The van der Waals surface area contributed by atoms with Crippen LogP contribution in [0.2, 0.25) is 5.02 Å². The number of benzene rings is 1. The number of aliphatic hydroxyl groups excluding tert-OH is 1. The molecule has 1 N–H and O–H groups in total. The van der Waals surface area contributed by atoms with Crippen molar-refractivity contribution in [3.8, 4) is 0 Å². The van der Waals surface area contributed by atoms with E-state index in [0.717, 1.165) is 11.5 Å². The minimum atomic E-state index is -1.22. The molecule has 0 fully saturated rings. The Hall–Kier alpha value is -1.85. The zero-order chi connectivity index (χ0) is 17.5. The molecule has 0 aliphatic carbocycles. The van der Waals surface area contributed by atoms with Gasteiger partial charge in [0.2, 0.25) is 0 Å². The summed E-state index contributed by atoms with van der Waals surface area (Å²) in [5, 5.41) is 10.8. The first-order valence-electron chi connectivity index (χ1n) is 7.97. The van der Waals surface area contributed by atoms with Gasteiger partial charge in [0.25, 0.3) is 5.91 Å². The molecular weight excluding hydrogens is 328 g/mol. The van der Waals surface area contributed by atoms with Gasteiger partial charge in [0.15, 0.2) is 12.0 Å². The monoisotopic (exact) mass is 348 g/mol. The maximum Gasteiger partial charge on any atom is 0.256 e. The van der Waals surface area contributed by atoms with Crippen LogP contribution >= 0.6 is 11.6 Å². The molecule has 0 saturated carbocycles. The molecule has 2 aromatic rings. The summed E-state index contributed by atoms with van der Waals surface area (Å²) in [5.74, 6) is 1.17. The van der Waals surface area contributed by atoms with Crippen LogP contribution in [0.4, 0.5) is 0 Å². The molecule has 0 bridgehead atoms. The number of carbonyl (C=O) groups excluding carboxylic acids is 1. The third-order valence-electron chi connectivity index (χ3n) is 4.08. The summed E-state index contributed by atoms with van der Waals surface area (Å²) in [4.78, 5) is 18.7. The van der Waals surface area contributed by atoms with Crippen LogP contribution in [-0.2, 0) is 23.2 Å². The predicted molar refractivity (Wildman–Crippen MR) is 90.7 cm³/mol. The molecule has 0 saturated heterocycles. The molecule has 0 radical (unpaired) electrons. The number of halogens is 1. The number of amides is 1. The first-order chi connectivity index (χ1) is 11.3. The first-order valence-corrected chi connectivity index (χ1v) is 8.35. The quantitative estimate of drug-likeness (QED) is 0.904. The molecular formula is C18H21ClN2O3. The van der Waals surface area contributed by atoms with Gasteiger partial charge in [-0.1, -0.05) is 44.5 Å². The lowest BCUT2D eigenvalue weighted by Crippen LogP contribution is -2.38. The van der Waals surface area contributed by atoms with Crippen molar-refractivity contribution in [3.63, 3.8) is 0 Å². The van der Waals surface area contributed by atoms with Crippen molar-refractivity contribution in [2.45, 2.75) is 45.3 Å². The molecule has 1 aromatic carbocycles. The Morgan fingerprint density at radius 3 is 2.83 bits per heavy atom. The maximum absolute atomic E-state index is 12.6. The molecule has 1 aliphatic rings. The number of nitrogens with zero attached hydrogens (tertiary/aromatic N) is 2. The van der Waals surface area contributed by atoms with Gasteiger partial charge >= 0.3 is 0 Å². The highest BCUT2D eigenvalue weighted by Gasteiger charge is 2.31. The summed E-state index contributed by atoms with van der Waals surface area (Å²) in [6.07, 6.45) is -0.619. The summed E-state index contributed by atoms with van der Waals surface area (Å²) in [6.45, 7) is 6.97. The largest absolute Gasteiger partial charge is 0.445 e. The third kappa shape index (κ3) is 3.32. The smallest absolute Gasteiger partial charge is 0.256 e. The van der Waals surface area contributed by atoms with Crippen molar-refractivity contribution in [1.29, 1.82) is 0 Å². The standard InChI is InChI=1S/C18H21ClN2O3/c1-18(2,3)17-20-13-10-21(8-7-14(13)24-17)16(23)15(22)11-5-4-6-12(19)9-11/h4-6,9,15,22H,7-8,10H2,1-3H3. The molecule has 3 rings (SSSR count). The van der Waals surface area contributed by atoms with Crippen LogP contribution in [0.25, 0.3) is 0 Å². The molecule has 0 spiro atoms. The first kappa shape index (κ1) is 17.0. The number of carbonyl (C=O) groups is 1. The SMILES string of the molecule is CC(C)(C)c1nc2c(o1)CCN(C(=O)C(O)c1cccc(Cl)c1)C2. The van der Waals surface area contributed by atoms with Gasteiger partial charge in [0.05, 0.1) is 6.54 Å². The molecule has 24 heavy (non-hydrogen) atoms. The van der Waals surface area contributed by atoms with Crippen molar-refractivity contribution in [2.75, 3.05) is 6.54 Å². The van der Waals surface area contributed by atoms with E-state index in [9.17, 15) is 9.90 Å². The Morgan fingerprint density at radius 2 is 2.17 bits per heavy atom. The van der Waals surface area contributed by atoms with Crippen LogP contribution < -0.4 is 0 Å². The van der Waals surface area contributed by atoms with Gasteiger partial charge in [-0.15, -0.1) is 0 Å². The molecule has 1 atom stereocenters. The Labute approximate surface area is 146 Å². The maximum atomic E-state index is 12.6. The Balaban J connectivity index is 1.77. The molecule has 5 nitrogen and oxygen atoms in total. The lowest BCUT2D eigenvalue weighted by molar-refractivity contribution is -0.141. The van der Waals surface area contributed by atoms with Gasteiger partial charge < -0.3 is 14.4 Å². The van der Waals surface area contributed by atoms with Crippen LogP contribution in [-0.4, -0.2) is 27.4 Å². The van der Waals surface area contributed by atoms with Crippen LogP contribution in [0.15, 0.2) is 28.7 Å². The summed E-state index contributed by atoms with van der Waals surface area (Å²) >= 11 is 5.93. The summed E-state index contributed by atoms with van der Waals surface area (Å²) in [5.41, 5.74) is 1.10. The lowest BCUT2D eigenvalue weighted by Gasteiger charge is -2.27. The van der Waals surface area contributed by atoms with Gasteiger partial charge in [-0.2, -0.15) is 0 Å². The zero-order valence-electron chi connectivity index (χ0n) is 14.0. The normalized spacial score (nSPS) is 16.0. The summed E-state index contributed by atoms with van der Waals surface area (Å²) in [7, 11) is 0.